The number of halogens is 1. The van der Waals surface area contributed by atoms with Crippen molar-refractivity contribution >= 4 is 28.3 Å². The number of hydrogen-bond acceptors (Lipinski definition) is 5. The topological polar surface area (TPSA) is 72.4 Å². The number of amides is 1. The molecule has 20 heavy (non-hydrogen) atoms. The van der Waals surface area contributed by atoms with Gasteiger partial charge >= 0.3 is 6.09 Å². The fourth-order valence-electron chi connectivity index (χ4n) is 1.38. The van der Waals surface area contributed by atoms with Gasteiger partial charge in [0.2, 0.25) is 0 Å². The Balaban J connectivity index is 3.07. The Morgan fingerprint density at radius 3 is 2.20 bits per heavy atom. The van der Waals surface area contributed by atoms with Gasteiger partial charge in [-0.1, -0.05) is 0 Å². The van der Waals surface area contributed by atoms with Crippen LogP contribution < -0.4 is 0 Å². The summed E-state index contributed by atoms with van der Waals surface area (Å²) in [4.78, 5) is 32.9. The van der Waals surface area contributed by atoms with Gasteiger partial charge in [-0.3, -0.25) is 4.90 Å². The SMILES string of the molecule is CN(C(=O)OC(C)(C)C)C(C)(C=O)c1ncc(Br)cn1. The lowest BCUT2D eigenvalue weighted by Gasteiger charge is -2.34. The van der Waals surface area contributed by atoms with Crippen molar-refractivity contribution in [3.63, 3.8) is 0 Å². The van der Waals surface area contributed by atoms with Crippen molar-refractivity contribution < 1.29 is 14.3 Å². The van der Waals surface area contributed by atoms with Crippen molar-refractivity contribution in [3.05, 3.63) is 22.7 Å². The Bertz CT molecular complexity index is 499. The molecule has 1 unspecified atom stereocenters. The maximum atomic E-state index is 12.1. The molecular formula is C13H18BrN3O3. The molecule has 0 radical (unpaired) electrons. The third-order valence-corrected chi connectivity index (χ3v) is 3.08. The second-order valence-corrected chi connectivity index (χ2v) is 6.45. The van der Waals surface area contributed by atoms with Crippen molar-refractivity contribution in [3.8, 4) is 0 Å². The van der Waals surface area contributed by atoms with Gasteiger partial charge in [0, 0.05) is 19.4 Å². The van der Waals surface area contributed by atoms with Gasteiger partial charge in [0.1, 0.15) is 5.60 Å². The average molecular weight is 344 g/mol. The fourth-order valence-corrected chi connectivity index (χ4v) is 1.58. The minimum Gasteiger partial charge on any atom is -0.444 e. The monoisotopic (exact) mass is 343 g/mol. The van der Waals surface area contributed by atoms with Crippen LogP contribution in [0.4, 0.5) is 4.79 Å². The van der Waals surface area contributed by atoms with Gasteiger partial charge in [-0.05, 0) is 43.6 Å². The van der Waals surface area contributed by atoms with E-state index in [0.717, 1.165) is 0 Å². The summed E-state index contributed by atoms with van der Waals surface area (Å²) in [6.45, 7) is 6.83. The molecule has 1 atom stereocenters. The second kappa shape index (κ2) is 5.87. The smallest absolute Gasteiger partial charge is 0.411 e. The fraction of sp³-hybridized carbons (Fsp3) is 0.538. The van der Waals surface area contributed by atoms with Crippen molar-refractivity contribution in [2.45, 2.75) is 38.8 Å². The van der Waals surface area contributed by atoms with E-state index in [1.54, 1.807) is 27.7 Å². The van der Waals surface area contributed by atoms with Crippen LogP contribution in [0.1, 0.15) is 33.5 Å². The molecule has 1 heterocycles. The zero-order valence-electron chi connectivity index (χ0n) is 12.2. The molecule has 1 amide bonds. The van der Waals surface area contributed by atoms with Gasteiger partial charge in [0.25, 0.3) is 0 Å². The van der Waals surface area contributed by atoms with Crippen LogP contribution >= 0.6 is 15.9 Å². The summed E-state index contributed by atoms with van der Waals surface area (Å²) in [7, 11) is 1.48. The van der Waals surface area contributed by atoms with E-state index in [-0.39, 0.29) is 5.82 Å². The lowest BCUT2D eigenvalue weighted by Crippen LogP contribution is -2.49. The van der Waals surface area contributed by atoms with Gasteiger partial charge in [0.15, 0.2) is 17.6 Å². The number of carbonyl (C=O) groups excluding carboxylic acids is 2. The highest BCUT2D eigenvalue weighted by atomic mass is 79.9. The molecule has 1 aromatic heterocycles. The lowest BCUT2D eigenvalue weighted by molar-refractivity contribution is -0.118. The van der Waals surface area contributed by atoms with Crippen LogP contribution in [-0.4, -0.2) is 39.9 Å². The molecule has 6 nitrogen and oxygen atoms in total. The number of carbonyl (C=O) groups is 2. The molecule has 0 fully saturated rings. The third kappa shape index (κ3) is 3.75. The first-order chi connectivity index (χ1) is 9.10. The molecule has 0 N–H and O–H groups in total. The van der Waals surface area contributed by atoms with E-state index in [4.69, 9.17) is 4.74 Å². The predicted molar refractivity (Wildman–Crippen MR) is 77.1 cm³/mol. The molecule has 7 heteroatoms. The van der Waals surface area contributed by atoms with Crippen molar-refractivity contribution in [1.82, 2.24) is 14.9 Å². The highest BCUT2D eigenvalue weighted by Crippen LogP contribution is 2.24. The van der Waals surface area contributed by atoms with Crippen molar-refractivity contribution in [2.75, 3.05) is 7.05 Å². The number of aromatic nitrogens is 2. The molecule has 0 saturated carbocycles. The van der Waals surface area contributed by atoms with Gasteiger partial charge in [-0.2, -0.15) is 0 Å². The summed E-state index contributed by atoms with van der Waals surface area (Å²) in [5.41, 5.74) is -1.93. The number of rotatable bonds is 3. The predicted octanol–water partition coefficient (Wildman–Crippen LogP) is 2.52. The van der Waals surface area contributed by atoms with E-state index in [1.165, 1.54) is 24.3 Å². The van der Waals surface area contributed by atoms with Crippen molar-refractivity contribution in [1.29, 1.82) is 0 Å². The zero-order valence-corrected chi connectivity index (χ0v) is 13.8. The molecule has 0 aromatic carbocycles. The van der Waals surface area contributed by atoms with E-state index in [9.17, 15) is 9.59 Å². The summed E-state index contributed by atoms with van der Waals surface area (Å²) in [5.74, 6) is 0.226. The van der Waals surface area contributed by atoms with Crippen LogP contribution in [0.5, 0.6) is 0 Å². The van der Waals surface area contributed by atoms with Gasteiger partial charge in [-0.15, -0.1) is 0 Å². The Labute approximate surface area is 126 Å². The molecule has 1 rings (SSSR count). The van der Waals surface area contributed by atoms with E-state index in [1.807, 2.05) is 0 Å². The van der Waals surface area contributed by atoms with Crippen LogP contribution in [0, 0.1) is 0 Å². The van der Waals surface area contributed by atoms with Gasteiger partial charge in [0.05, 0.1) is 4.47 Å². The number of aldehydes is 1. The summed E-state index contributed by atoms with van der Waals surface area (Å²) >= 11 is 3.22. The second-order valence-electron chi connectivity index (χ2n) is 5.53. The summed E-state index contributed by atoms with van der Waals surface area (Å²) < 4.78 is 5.95. The minimum absolute atomic E-state index is 0.226. The highest BCUT2D eigenvalue weighted by molar-refractivity contribution is 9.10. The number of hydrogen-bond donors (Lipinski definition) is 0. The largest absolute Gasteiger partial charge is 0.444 e. The molecule has 0 aliphatic rings. The average Bonchev–Trinajstić information content (AvgIpc) is 2.35. The van der Waals surface area contributed by atoms with E-state index in [2.05, 4.69) is 25.9 Å². The van der Waals surface area contributed by atoms with Crippen LogP contribution in [0.2, 0.25) is 0 Å². The van der Waals surface area contributed by atoms with E-state index in [0.29, 0.717) is 10.8 Å². The summed E-state index contributed by atoms with van der Waals surface area (Å²) in [6, 6.07) is 0. The molecule has 0 aliphatic carbocycles. The quantitative estimate of drug-likeness (QED) is 0.788. The number of ether oxygens (including phenoxy) is 1. The highest BCUT2D eigenvalue weighted by Gasteiger charge is 2.39. The minimum atomic E-state index is -1.29. The Morgan fingerprint density at radius 2 is 1.80 bits per heavy atom. The molecule has 1 aromatic rings. The normalized spacial score (nSPS) is 14.3. The molecule has 0 bridgehead atoms. The van der Waals surface area contributed by atoms with Gasteiger partial charge in [-0.25, -0.2) is 14.8 Å². The first-order valence-corrected chi connectivity index (χ1v) is 6.80. The molecular weight excluding hydrogens is 326 g/mol. The van der Waals surface area contributed by atoms with Crippen LogP contribution in [0.25, 0.3) is 0 Å². The third-order valence-electron chi connectivity index (χ3n) is 2.67. The van der Waals surface area contributed by atoms with Gasteiger partial charge < -0.3 is 9.53 Å². The lowest BCUT2D eigenvalue weighted by atomic mass is 10.0. The molecule has 0 spiro atoms. The maximum absolute atomic E-state index is 12.1. The Kier molecular flexibility index (Phi) is 4.86. The number of likely N-dealkylation sites (N-methyl/N-ethyl adjacent to an activating group) is 1. The van der Waals surface area contributed by atoms with E-state index >= 15 is 0 Å². The van der Waals surface area contributed by atoms with Crippen LogP contribution in [0.15, 0.2) is 16.9 Å². The number of nitrogens with zero attached hydrogens (tertiary/aromatic N) is 3. The zero-order chi connectivity index (χ0) is 15.6. The Hall–Kier alpha value is -1.50. The van der Waals surface area contributed by atoms with Crippen LogP contribution in [-0.2, 0) is 15.1 Å². The molecule has 0 saturated heterocycles. The summed E-state index contributed by atoms with van der Waals surface area (Å²) in [6.07, 6.45) is 3.05. The van der Waals surface area contributed by atoms with E-state index < -0.39 is 17.2 Å². The van der Waals surface area contributed by atoms with Crippen LogP contribution in [0.3, 0.4) is 0 Å². The first kappa shape index (κ1) is 16.6. The standard InChI is InChI=1S/C13H18BrN3O3/c1-12(2,3)20-11(19)17(5)13(4,8-18)10-15-6-9(14)7-16-10/h6-8H,1-5H3. The molecule has 0 aliphatic heterocycles. The maximum Gasteiger partial charge on any atom is 0.411 e. The Morgan fingerprint density at radius 1 is 1.30 bits per heavy atom. The summed E-state index contributed by atoms with van der Waals surface area (Å²) in [5, 5.41) is 0. The van der Waals surface area contributed by atoms with Crippen molar-refractivity contribution in [2.24, 2.45) is 0 Å². The molecule has 110 valence electrons. The first-order valence-electron chi connectivity index (χ1n) is 6.01.